The first-order valence-corrected chi connectivity index (χ1v) is 34.1. The minimum absolute atomic E-state index is 0.0659. The van der Waals surface area contributed by atoms with Gasteiger partial charge in [-0.3, -0.25) is 19.2 Å². The molecule has 0 saturated heterocycles. The van der Waals surface area contributed by atoms with Crippen LogP contribution in [0.25, 0.3) is 76.3 Å². The van der Waals surface area contributed by atoms with E-state index in [0.717, 1.165) is 64.2 Å². The van der Waals surface area contributed by atoms with Gasteiger partial charge in [0.15, 0.2) is 5.78 Å². The average molecular weight is 1250 g/mol. The lowest BCUT2D eigenvalue weighted by molar-refractivity contribution is -0.141. The molecule has 0 aliphatic heterocycles. The van der Waals surface area contributed by atoms with Crippen LogP contribution in [0.5, 0.6) is 0 Å². The average Bonchev–Trinajstić information content (AvgIpc) is 1.40. The fourth-order valence-electron chi connectivity index (χ4n) is 18.6. The van der Waals surface area contributed by atoms with Crippen molar-refractivity contribution >= 4 is 100.0 Å². The van der Waals surface area contributed by atoms with Crippen LogP contribution in [0.2, 0.25) is 0 Å². The Bertz CT molecular complexity index is 4660. The highest BCUT2D eigenvalue weighted by molar-refractivity contribution is 6.52. The SMILES string of the molecule is CC(C)(CCCC(=O)CO)c1ccccc1.COC(=O)CCCC(C)(C)c1ccccc1.COC(=O)CCCC(C)(C)c1ccccc1.COC(=O)CCCC1(c2ccccc2)C23C=Cc4cc5c6c7c4C21c1c2c4c(cc8ccc9cc(c6c6c9c8c4c6c17)C5)CC2=C3. The summed E-state index contributed by atoms with van der Waals surface area (Å²) >= 11 is 0. The molecule has 6 aliphatic carbocycles. The van der Waals surface area contributed by atoms with Crippen molar-refractivity contribution in [2.75, 3.05) is 27.9 Å². The molecule has 0 heterocycles. The summed E-state index contributed by atoms with van der Waals surface area (Å²) in [6.45, 7) is 12.9. The third kappa shape index (κ3) is 9.45. The molecule has 1 spiro atoms. The van der Waals surface area contributed by atoms with Gasteiger partial charge >= 0.3 is 17.9 Å². The van der Waals surface area contributed by atoms with Crippen molar-refractivity contribution < 1.29 is 38.5 Å². The Kier molecular flexibility index (Phi) is 15.8. The molecule has 1 N–H and O–H groups in total. The molecule has 478 valence electrons. The molecule has 1 saturated carbocycles. The van der Waals surface area contributed by atoms with Crippen molar-refractivity contribution in [3.63, 3.8) is 0 Å². The highest BCUT2D eigenvalue weighted by Gasteiger charge is 2.89. The molecule has 8 heteroatoms. The number of Topliss-reactive ketones (excluding diaryl/α,β-unsaturated/α-hetero) is 1. The first-order chi connectivity index (χ1) is 45.3. The van der Waals surface area contributed by atoms with E-state index in [1.54, 1.807) is 59.8 Å². The number of ether oxygens (including phenoxy) is 3. The van der Waals surface area contributed by atoms with Crippen LogP contribution in [0.4, 0.5) is 0 Å². The zero-order valence-electron chi connectivity index (χ0n) is 56.1. The smallest absolute Gasteiger partial charge is 0.305 e. The molecule has 0 aromatic heterocycles. The number of aliphatic hydroxyl groups excluding tert-OH is 1. The van der Waals surface area contributed by atoms with Crippen molar-refractivity contribution in [3.8, 4) is 0 Å². The quantitative estimate of drug-likeness (QED) is 0.0430. The van der Waals surface area contributed by atoms with Gasteiger partial charge < -0.3 is 19.3 Å². The van der Waals surface area contributed by atoms with Gasteiger partial charge in [-0.25, -0.2) is 0 Å². The second-order valence-corrected chi connectivity index (χ2v) is 29.4. The number of allylic oxidation sites excluding steroid dienone is 3. The number of rotatable bonds is 21. The number of carbonyl (C=O) groups excluding carboxylic acids is 4. The Morgan fingerprint density at radius 2 is 0.883 bits per heavy atom. The largest absolute Gasteiger partial charge is 0.469 e. The van der Waals surface area contributed by atoms with E-state index in [1.165, 1.54) is 93.0 Å². The number of hydrogen-bond donors (Lipinski definition) is 1. The lowest BCUT2D eigenvalue weighted by Gasteiger charge is -2.31. The van der Waals surface area contributed by atoms with Crippen LogP contribution in [0, 0.1) is 5.41 Å². The normalized spacial score (nSPS) is 18.7. The number of esters is 3. The molecule has 3 atom stereocenters. The van der Waals surface area contributed by atoms with E-state index in [2.05, 4.69) is 191 Å². The minimum atomic E-state index is -0.328. The van der Waals surface area contributed by atoms with Crippen LogP contribution in [0.15, 0.2) is 164 Å². The molecule has 11 aromatic rings. The second-order valence-electron chi connectivity index (χ2n) is 29.4. The summed E-state index contributed by atoms with van der Waals surface area (Å²) in [5, 5.41) is 26.9. The van der Waals surface area contributed by atoms with Gasteiger partial charge in [-0.15, -0.1) is 0 Å². The number of carbonyl (C=O) groups is 4. The summed E-state index contributed by atoms with van der Waals surface area (Å²) in [5.41, 5.74) is 17.4. The molecule has 1 fully saturated rings. The number of methoxy groups -OCH3 is 3. The van der Waals surface area contributed by atoms with E-state index >= 15 is 0 Å². The maximum absolute atomic E-state index is 12.6. The standard InChI is InChI=1S/C44H26O2.3C14H20O2/c1-46-28(45)8-5-12-43(27-6-3-2-4-7-27)42-13-11-22-16-25-17-23-14-20-9-10-21-15-24-18-26(19-42)34-33(24)36-30(21)29(20)35-31(23)32(25)38-39(37(35)36)41(34)44(42,43)40(22)38;2*1-14(2,11-7-10-13(15)16-3)12-8-5-4-6-9-12;1-14(2,10-6-9-13(16)11-15)12-7-4-3-5-8-12/h2-4,6-7,9-11,13-16,19H,5,8,12,17-18H2,1H3;2*4-6,8-9H,7,10-11H2,1-3H3;3-5,7-8,15H,6,9-11H2,1-2H3. The molecule has 3 unspecified atom stereocenters. The Hall–Kier alpha value is -8.72. The van der Waals surface area contributed by atoms with Crippen LogP contribution in [0.3, 0.4) is 0 Å². The predicted molar refractivity (Wildman–Crippen MR) is 382 cm³/mol. The van der Waals surface area contributed by atoms with E-state index in [-0.39, 0.29) is 62.8 Å². The lowest BCUT2D eigenvalue weighted by Crippen LogP contribution is -2.25. The molecule has 17 rings (SSSR count). The Labute approximate surface area is 552 Å². The summed E-state index contributed by atoms with van der Waals surface area (Å²) in [7, 11) is 4.39. The van der Waals surface area contributed by atoms with Crippen LogP contribution in [-0.2, 0) is 73.3 Å². The number of hydrogen-bond acceptors (Lipinski definition) is 8. The Balaban J connectivity index is 0.000000132. The van der Waals surface area contributed by atoms with E-state index in [1.807, 2.05) is 30.3 Å². The van der Waals surface area contributed by atoms with Crippen LogP contribution in [-0.4, -0.2) is 56.7 Å². The minimum Gasteiger partial charge on any atom is -0.469 e. The molecule has 8 nitrogen and oxygen atoms in total. The summed E-state index contributed by atoms with van der Waals surface area (Å²) in [6, 6.07) is 54.9. The van der Waals surface area contributed by atoms with Gasteiger partial charge in [0.25, 0.3) is 0 Å². The highest BCUT2D eigenvalue weighted by atomic mass is 16.5. The number of ketones is 1. The summed E-state index contributed by atoms with van der Waals surface area (Å²) < 4.78 is 14.4. The zero-order valence-corrected chi connectivity index (χ0v) is 56.1. The second kappa shape index (κ2) is 23.6. The maximum atomic E-state index is 12.6. The topological polar surface area (TPSA) is 116 Å². The molecule has 0 bridgehead atoms. The third-order valence-corrected chi connectivity index (χ3v) is 23.0. The fraction of sp³-hybridized carbons (Fsp3) is 0.349. The molecule has 6 aliphatic rings. The highest BCUT2D eigenvalue weighted by Crippen LogP contribution is 2.91. The first kappa shape index (κ1) is 62.7. The van der Waals surface area contributed by atoms with E-state index in [4.69, 9.17) is 9.84 Å². The van der Waals surface area contributed by atoms with Crippen molar-refractivity contribution in [1.29, 1.82) is 0 Å². The Morgan fingerprint density at radius 3 is 1.38 bits per heavy atom. The van der Waals surface area contributed by atoms with Crippen LogP contribution >= 0.6 is 0 Å². The van der Waals surface area contributed by atoms with Gasteiger partial charge in [0, 0.05) is 41.9 Å². The molecule has 94 heavy (non-hydrogen) atoms. The lowest BCUT2D eigenvalue weighted by atomic mass is 9.70. The van der Waals surface area contributed by atoms with E-state index in [0.29, 0.717) is 25.7 Å². The van der Waals surface area contributed by atoms with Crippen molar-refractivity contribution in [2.45, 2.75) is 159 Å². The molecular formula is C86H86O8. The number of benzene rings is 10. The summed E-state index contributed by atoms with van der Waals surface area (Å²) in [6.07, 6.45) is 19.1. The molecule has 11 aromatic carbocycles. The molecular weight excluding hydrogens is 1160 g/mol. The van der Waals surface area contributed by atoms with Crippen LogP contribution in [0.1, 0.15) is 180 Å². The maximum Gasteiger partial charge on any atom is 0.305 e. The van der Waals surface area contributed by atoms with Crippen molar-refractivity contribution in [1.82, 2.24) is 0 Å². The van der Waals surface area contributed by atoms with Gasteiger partial charge in [-0.2, -0.15) is 0 Å². The number of aliphatic hydroxyl groups is 1. The third-order valence-electron chi connectivity index (χ3n) is 23.0. The summed E-state index contributed by atoms with van der Waals surface area (Å²) in [5.74, 6) is -0.417. The van der Waals surface area contributed by atoms with Crippen LogP contribution < -0.4 is 0 Å². The van der Waals surface area contributed by atoms with Gasteiger partial charge in [0.1, 0.15) is 6.61 Å². The molecule has 0 radical (unpaired) electrons. The van der Waals surface area contributed by atoms with Gasteiger partial charge in [0.2, 0.25) is 0 Å². The monoisotopic (exact) mass is 1250 g/mol. The van der Waals surface area contributed by atoms with Crippen molar-refractivity contribution in [2.24, 2.45) is 5.41 Å². The Morgan fingerprint density at radius 1 is 0.457 bits per heavy atom. The van der Waals surface area contributed by atoms with Gasteiger partial charge in [-0.05, 0) is 212 Å². The van der Waals surface area contributed by atoms with E-state index in [9.17, 15) is 19.2 Å². The first-order valence-electron chi connectivity index (χ1n) is 34.1. The zero-order chi connectivity index (χ0) is 65.7. The fourth-order valence-corrected chi connectivity index (χ4v) is 18.6. The van der Waals surface area contributed by atoms with Crippen molar-refractivity contribution in [3.05, 3.63) is 225 Å². The molecule has 0 amide bonds. The predicted octanol–water partition coefficient (Wildman–Crippen LogP) is 19.0. The van der Waals surface area contributed by atoms with Gasteiger partial charge in [0.05, 0.1) is 21.3 Å². The summed E-state index contributed by atoms with van der Waals surface area (Å²) in [4.78, 5) is 45.6. The van der Waals surface area contributed by atoms with Gasteiger partial charge in [-0.1, -0.05) is 211 Å². The van der Waals surface area contributed by atoms with E-state index < -0.39 is 0 Å².